The van der Waals surface area contributed by atoms with Crippen molar-refractivity contribution in [2.24, 2.45) is 5.41 Å². The molecule has 0 aliphatic carbocycles. The van der Waals surface area contributed by atoms with Crippen LogP contribution in [0.1, 0.15) is 40.5 Å². The molecule has 0 radical (unpaired) electrons. The fourth-order valence-corrected chi connectivity index (χ4v) is 3.74. The zero-order valence-corrected chi connectivity index (χ0v) is 17.0. The monoisotopic (exact) mass is 369 g/mol. The highest BCUT2D eigenvalue weighted by atomic mass is 16.6. The zero-order chi connectivity index (χ0) is 19.4. The van der Waals surface area contributed by atoms with Crippen molar-refractivity contribution in [1.29, 1.82) is 0 Å². The second-order valence-corrected chi connectivity index (χ2v) is 8.40. The number of likely N-dealkylation sites (N-methyl/N-ethyl adjacent to an activating group) is 1. The predicted octanol–water partition coefficient (Wildman–Crippen LogP) is 1.81. The van der Waals surface area contributed by atoms with E-state index in [0.29, 0.717) is 32.5 Å². The summed E-state index contributed by atoms with van der Waals surface area (Å²) in [5.41, 5.74) is -1.09. The Labute approximate surface area is 157 Å². The lowest BCUT2D eigenvalue weighted by Crippen LogP contribution is -2.54. The van der Waals surface area contributed by atoms with Gasteiger partial charge in [-0.05, 0) is 40.2 Å². The minimum atomic E-state index is -0.554. The van der Waals surface area contributed by atoms with Gasteiger partial charge in [-0.3, -0.25) is 4.79 Å². The molecule has 150 valence electrons. The number of carbonyl (C=O) groups is 2. The van der Waals surface area contributed by atoms with Crippen LogP contribution in [0.5, 0.6) is 0 Å². The number of hydrogen-bond donors (Lipinski definition) is 0. The molecule has 0 saturated carbocycles. The minimum Gasteiger partial charge on any atom is -0.444 e. The van der Waals surface area contributed by atoms with E-state index < -0.39 is 11.0 Å². The van der Waals surface area contributed by atoms with E-state index in [1.165, 1.54) is 0 Å². The van der Waals surface area contributed by atoms with E-state index in [1.54, 1.807) is 12.0 Å². The van der Waals surface area contributed by atoms with Gasteiger partial charge in [0.15, 0.2) is 0 Å². The molecule has 7 heteroatoms. The molecule has 0 aromatic carbocycles. The molecule has 0 N–H and O–H groups in total. The van der Waals surface area contributed by atoms with Crippen molar-refractivity contribution < 1.29 is 19.1 Å². The number of likely N-dealkylation sites (tertiary alicyclic amines) is 1. The van der Waals surface area contributed by atoms with Gasteiger partial charge in [0.1, 0.15) is 5.60 Å². The van der Waals surface area contributed by atoms with Crippen molar-refractivity contribution >= 4 is 12.0 Å². The van der Waals surface area contributed by atoms with Crippen LogP contribution in [0.3, 0.4) is 0 Å². The molecule has 26 heavy (non-hydrogen) atoms. The van der Waals surface area contributed by atoms with Gasteiger partial charge in [0.2, 0.25) is 5.91 Å². The molecule has 2 saturated heterocycles. The Morgan fingerprint density at radius 2 is 1.69 bits per heavy atom. The molecule has 2 amide bonds. The first-order chi connectivity index (χ1) is 12.2. The lowest BCUT2D eigenvalue weighted by molar-refractivity contribution is -0.144. The van der Waals surface area contributed by atoms with E-state index in [1.807, 2.05) is 25.7 Å². The summed E-state index contributed by atoms with van der Waals surface area (Å²) in [6.45, 7) is 13.6. The van der Waals surface area contributed by atoms with Crippen LogP contribution in [-0.4, -0.2) is 91.8 Å². The number of nitrogens with zero attached hydrogens (tertiary/aromatic N) is 3. The molecule has 2 fully saturated rings. The van der Waals surface area contributed by atoms with Crippen LogP contribution >= 0.6 is 0 Å². The van der Waals surface area contributed by atoms with Crippen LogP contribution in [0, 0.1) is 5.41 Å². The first kappa shape index (κ1) is 21.0. The molecule has 2 aliphatic heterocycles. The third-order valence-electron chi connectivity index (χ3n) is 5.35. The summed E-state index contributed by atoms with van der Waals surface area (Å²) in [5.74, 6) is 0.163. The van der Waals surface area contributed by atoms with Crippen molar-refractivity contribution in [2.45, 2.75) is 46.1 Å². The Morgan fingerprint density at radius 3 is 2.23 bits per heavy atom. The molecule has 0 aromatic rings. The third kappa shape index (κ3) is 5.10. The predicted molar refractivity (Wildman–Crippen MR) is 100 cm³/mol. The highest BCUT2D eigenvalue weighted by molar-refractivity contribution is 5.84. The zero-order valence-electron chi connectivity index (χ0n) is 17.0. The summed E-state index contributed by atoms with van der Waals surface area (Å²) >= 11 is 0. The van der Waals surface area contributed by atoms with Crippen molar-refractivity contribution in [1.82, 2.24) is 14.7 Å². The standard InChI is InChI=1S/C19H35N3O4/c1-6-20-10-12-21(13-11-20)16(23)19(8-14-25-5)7-9-22(15-19)17(24)26-18(2,3)4/h6-15H2,1-5H3/t19-/m0/s1. The highest BCUT2D eigenvalue weighted by Gasteiger charge is 2.48. The van der Waals surface area contributed by atoms with Crippen LogP contribution < -0.4 is 0 Å². The van der Waals surface area contributed by atoms with Gasteiger partial charge in [-0.2, -0.15) is 0 Å². The van der Waals surface area contributed by atoms with Crippen molar-refractivity contribution in [3.05, 3.63) is 0 Å². The maximum atomic E-state index is 13.3. The number of ether oxygens (including phenoxy) is 2. The van der Waals surface area contributed by atoms with Gasteiger partial charge >= 0.3 is 6.09 Å². The van der Waals surface area contributed by atoms with E-state index in [-0.39, 0.29) is 12.0 Å². The number of rotatable bonds is 5. The van der Waals surface area contributed by atoms with Crippen LogP contribution in [0.25, 0.3) is 0 Å². The van der Waals surface area contributed by atoms with Gasteiger partial charge in [-0.25, -0.2) is 4.79 Å². The summed E-state index contributed by atoms with van der Waals surface area (Å²) < 4.78 is 10.8. The second-order valence-electron chi connectivity index (χ2n) is 8.40. The van der Waals surface area contributed by atoms with E-state index in [0.717, 1.165) is 32.7 Å². The SMILES string of the molecule is CCN1CCN(C(=O)[C@]2(CCOC)CCN(C(=O)OC(C)(C)C)C2)CC1. The molecule has 0 unspecified atom stereocenters. The number of methoxy groups -OCH3 is 1. The highest BCUT2D eigenvalue weighted by Crippen LogP contribution is 2.37. The number of piperazine rings is 1. The summed E-state index contributed by atoms with van der Waals surface area (Å²) in [7, 11) is 1.65. The largest absolute Gasteiger partial charge is 0.444 e. The maximum absolute atomic E-state index is 13.3. The van der Waals surface area contributed by atoms with Crippen LogP contribution in [0.4, 0.5) is 4.79 Å². The average molecular weight is 370 g/mol. The molecule has 2 aliphatic rings. The molecule has 2 heterocycles. The van der Waals surface area contributed by atoms with Gasteiger partial charge in [0, 0.05) is 53.0 Å². The summed E-state index contributed by atoms with van der Waals surface area (Å²) in [6.07, 6.45) is 0.971. The number of carbonyl (C=O) groups excluding carboxylic acids is 2. The van der Waals surface area contributed by atoms with Gasteiger partial charge in [0.05, 0.1) is 5.41 Å². The Balaban J connectivity index is 2.06. The molecular formula is C19H35N3O4. The van der Waals surface area contributed by atoms with Gasteiger partial charge in [0.25, 0.3) is 0 Å². The topological polar surface area (TPSA) is 62.3 Å². The smallest absolute Gasteiger partial charge is 0.410 e. The van der Waals surface area contributed by atoms with Crippen LogP contribution in [-0.2, 0) is 14.3 Å². The fourth-order valence-electron chi connectivity index (χ4n) is 3.74. The Morgan fingerprint density at radius 1 is 1.04 bits per heavy atom. The third-order valence-corrected chi connectivity index (χ3v) is 5.35. The first-order valence-electron chi connectivity index (χ1n) is 9.69. The summed E-state index contributed by atoms with van der Waals surface area (Å²) in [4.78, 5) is 31.8. The quantitative estimate of drug-likeness (QED) is 0.740. The van der Waals surface area contributed by atoms with E-state index >= 15 is 0 Å². The molecule has 7 nitrogen and oxygen atoms in total. The second kappa shape index (κ2) is 8.57. The van der Waals surface area contributed by atoms with E-state index in [4.69, 9.17) is 9.47 Å². The van der Waals surface area contributed by atoms with Gasteiger partial charge in [-0.15, -0.1) is 0 Å². The fraction of sp³-hybridized carbons (Fsp3) is 0.895. The maximum Gasteiger partial charge on any atom is 0.410 e. The Hall–Kier alpha value is -1.34. The van der Waals surface area contributed by atoms with E-state index in [2.05, 4.69) is 11.8 Å². The summed E-state index contributed by atoms with van der Waals surface area (Å²) in [6, 6.07) is 0. The molecule has 0 aromatic heterocycles. The average Bonchev–Trinajstić information content (AvgIpc) is 3.04. The minimum absolute atomic E-state index is 0.163. The van der Waals surface area contributed by atoms with Crippen molar-refractivity contribution in [3.63, 3.8) is 0 Å². The summed E-state index contributed by atoms with van der Waals surface area (Å²) in [5, 5.41) is 0. The van der Waals surface area contributed by atoms with Crippen LogP contribution in [0.2, 0.25) is 0 Å². The number of hydrogen-bond acceptors (Lipinski definition) is 5. The Kier molecular flexibility index (Phi) is 6.91. The normalized spacial score (nSPS) is 24.8. The molecule has 0 spiro atoms. The lowest BCUT2D eigenvalue weighted by atomic mass is 9.82. The molecule has 0 bridgehead atoms. The molecule has 2 rings (SSSR count). The lowest BCUT2D eigenvalue weighted by Gasteiger charge is -2.39. The Bertz CT molecular complexity index is 498. The molecule has 1 atom stereocenters. The van der Waals surface area contributed by atoms with Gasteiger partial charge < -0.3 is 24.2 Å². The van der Waals surface area contributed by atoms with E-state index in [9.17, 15) is 9.59 Å². The van der Waals surface area contributed by atoms with Gasteiger partial charge in [-0.1, -0.05) is 6.92 Å². The number of amides is 2. The molecular weight excluding hydrogens is 334 g/mol. The first-order valence-corrected chi connectivity index (χ1v) is 9.69. The van der Waals surface area contributed by atoms with Crippen LogP contribution in [0.15, 0.2) is 0 Å². The van der Waals surface area contributed by atoms with Crippen molar-refractivity contribution in [2.75, 3.05) is 59.5 Å². The van der Waals surface area contributed by atoms with Crippen molar-refractivity contribution in [3.8, 4) is 0 Å².